The zero-order valence-corrected chi connectivity index (χ0v) is 10.00. The molecule has 3 N–H and O–H groups in total. The molecule has 1 atom stereocenters. The van der Waals surface area contributed by atoms with E-state index in [1.54, 1.807) is 6.07 Å². The van der Waals surface area contributed by atoms with Crippen molar-refractivity contribution in [1.82, 2.24) is 15.5 Å². The minimum absolute atomic E-state index is 0.0914. The van der Waals surface area contributed by atoms with Gasteiger partial charge >= 0.3 is 0 Å². The Hall–Kier alpha value is -2.43. The number of hydrogen-bond acceptors (Lipinski definition) is 4. The molecule has 0 saturated heterocycles. The van der Waals surface area contributed by atoms with Crippen LogP contribution in [0.15, 0.2) is 42.7 Å². The summed E-state index contributed by atoms with van der Waals surface area (Å²) in [5.74, 6) is -0.172. The average Bonchev–Trinajstić information content (AvgIpc) is 2.40. The van der Waals surface area contributed by atoms with Crippen molar-refractivity contribution in [1.29, 1.82) is 0 Å². The Morgan fingerprint density at radius 3 is 2.56 bits per heavy atom. The summed E-state index contributed by atoms with van der Waals surface area (Å²) in [6.45, 7) is 1.91. The number of benzene rings is 1. The van der Waals surface area contributed by atoms with E-state index in [9.17, 15) is 4.79 Å². The minimum atomic E-state index is -0.172. The number of nitrogens with two attached hydrogens (primary N) is 1. The molecule has 0 saturated carbocycles. The lowest BCUT2D eigenvalue weighted by Gasteiger charge is -2.14. The predicted octanol–water partition coefficient (Wildman–Crippen LogP) is 1.55. The lowest BCUT2D eigenvalue weighted by Crippen LogP contribution is -2.26. The normalized spacial score (nSPS) is 11.8. The fourth-order valence-corrected chi connectivity index (χ4v) is 1.57. The monoisotopic (exact) mass is 242 g/mol. The predicted molar refractivity (Wildman–Crippen MR) is 68.8 cm³/mol. The molecule has 18 heavy (non-hydrogen) atoms. The summed E-state index contributed by atoms with van der Waals surface area (Å²) in [6.07, 6.45) is 2.92. The first-order valence-corrected chi connectivity index (χ1v) is 5.60. The number of nitrogens with zero attached hydrogens (tertiary/aromatic N) is 2. The van der Waals surface area contributed by atoms with Gasteiger partial charge in [0.1, 0.15) is 0 Å². The second kappa shape index (κ2) is 5.27. The summed E-state index contributed by atoms with van der Waals surface area (Å²) in [7, 11) is 0. The van der Waals surface area contributed by atoms with E-state index in [0.29, 0.717) is 11.3 Å². The van der Waals surface area contributed by atoms with Crippen molar-refractivity contribution < 1.29 is 4.79 Å². The van der Waals surface area contributed by atoms with Gasteiger partial charge in [-0.15, -0.1) is 0 Å². The molecule has 0 aliphatic heterocycles. The van der Waals surface area contributed by atoms with Crippen molar-refractivity contribution in [2.45, 2.75) is 13.0 Å². The summed E-state index contributed by atoms with van der Waals surface area (Å²) < 4.78 is 0. The highest BCUT2D eigenvalue weighted by molar-refractivity contribution is 5.93. The molecular weight excluding hydrogens is 228 g/mol. The van der Waals surface area contributed by atoms with Crippen molar-refractivity contribution >= 4 is 11.6 Å². The third kappa shape index (κ3) is 2.82. The molecule has 0 bridgehead atoms. The largest absolute Gasteiger partial charge is 0.399 e. The molecule has 1 aromatic carbocycles. The van der Waals surface area contributed by atoms with Gasteiger partial charge in [0, 0.05) is 5.69 Å². The molecule has 0 fully saturated rings. The van der Waals surface area contributed by atoms with Gasteiger partial charge in [0.25, 0.3) is 5.91 Å². The van der Waals surface area contributed by atoms with Crippen LogP contribution in [0.2, 0.25) is 0 Å². The number of nitrogens with one attached hydrogen (secondary N) is 1. The van der Waals surface area contributed by atoms with Gasteiger partial charge in [0.2, 0.25) is 0 Å². The van der Waals surface area contributed by atoms with E-state index in [1.165, 1.54) is 12.4 Å². The third-order valence-corrected chi connectivity index (χ3v) is 2.63. The standard InChI is InChI=1S/C13H14N4O/c1-9(10-2-4-12(14)5-3-10)17-13(18)11-6-7-15-16-8-11/h2-9H,14H2,1H3,(H,17,18). The Balaban J connectivity index is 2.06. The summed E-state index contributed by atoms with van der Waals surface area (Å²) in [4.78, 5) is 11.9. The highest BCUT2D eigenvalue weighted by atomic mass is 16.1. The van der Waals surface area contributed by atoms with Crippen LogP contribution in [0, 0.1) is 0 Å². The highest BCUT2D eigenvalue weighted by Gasteiger charge is 2.11. The van der Waals surface area contributed by atoms with E-state index in [1.807, 2.05) is 31.2 Å². The molecule has 0 radical (unpaired) electrons. The lowest BCUT2D eigenvalue weighted by molar-refractivity contribution is 0.0939. The Labute approximate surface area is 105 Å². The van der Waals surface area contributed by atoms with E-state index in [2.05, 4.69) is 15.5 Å². The molecule has 1 amide bonds. The number of nitrogen functional groups attached to an aromatic ring is 1. The number of hydrogen-bond donors (Lipinski definition) is 2. The van der Waals surface area contributed by atoms with E-state index < -0.39 is 0 Å². The van der Waals surface area contributed by atoms with Gasteiger partial charge in [-0.1, -0.05) is 12.1 Å². The maximum absolute atomic E-state index is 11.9. The molecule has 5 nitrogen and oxygen atoms in total. The first-order chi connectivity index (χ1) is 8.66. The van der Waals surface area contributed by atoms with Crippen molar-refractivity contribution in [3.8, 4) is 0 Å². The molecule has 1 heterocycles. The van der Waals surface area contributed by atoms with Gasteiger partial charge in [-0.2, -0.15) is 10.2 Å². The first kappa shape index (κ1) is 12.0. The third-order valence-electron chi connectivity index (χ3n) is 2.63. The minimum Gasteiger partial charge on any atom is -0.399 e. The van der Waals surface area contributed by atoms with Crippen molar-refractivity contribution in [2.75, 3.05) is 5.73 Å². The van der Waals surface area contributed by atoms with Crippen LogP contribution in [0.4, 0.5) is 5.69 Å². The summed E-state index contributed by atoms with van der Waals surface area (Å²) in [5.41, 5.74) is 7.81. The van der Waals surface area contributed by atoms with Crippen LogP contribution < -0.4 is 11.1 Å². The van der Waals surface area contributed by atoms with Crippen LogP contribution in [0.5, 0.6) is 0 Å². The average molecular weight is 242 g/mol. The number of carbonyl (C=O) groups excluding carboxylic acids is 1. The van der Waals surface area contributed by atoms with E-state index >= 15 is 0 Å². The molecule has 1 aromatic heterocycles. The van der Waals surface area contributed by atoms with Gasteiger partial charge in [-0.25, -0.2) is 0 Å². The summed E-state index contributed by atoms with van der Waals surface area (Å²) >= 11 is 0. The number of amides is 1. The molecule has 2 rings (SSSR count). The summed E-state index contributed by atoms with van der Waals surface area (Å²) in [5, 5.41) is 10.2. The van der Waals surface area contributed by atoms with Crippen LogP contribution in [0.1, 0.15) is 28.9 Å². The summed E-state index contributed by atoms with van der Waals surface area (Å²) in [6, 6.07) is 8.94. The fraction of sp³-hybridized carbons (Fsp3) is 0.154. The molecule has 92 valence electrons. The van der Waals surface area contributed by atoms with Gasteiger partial charge in [0.15, 0.2) is 0 Å². The topological polar surface area (TPSA) is 80.9 Å². The molecule has 0 spiro atoms. The highest BCUT2D eigenvalue weighted by Crippen LogP contribution is 2.14. The zero-order chi connectivity index (χ0) is 13.0. The second-order valence-corrected chi connectivity index (χ2v) is 3.99. The number of carbonyl (C=O) groups is 1. The van der Waals surface area contributed by atoms with Crippen LogP contribution in [0.25, 0.3) is 0 Å². The van der Waals surface area contributed by atoms with Gasteiger partial charge < -0.3 is 11.1 Å². The molecule has 1 unspecified atom stereocenters. The van der Waals surface area contributed by atoms with Gasteiger partial charge in [0.05, 0.1) is 24.0 Å². The second-order valence-electron chi connectivity index (χ2n) is 3.99. The Morgan fingerprint density at radius 1 is 1.22 bits per heavy atom. The van der Waals surface area contributed by atoms with Crippen LogP contribution >= 0.6 is 0 Å². The van der Waals surface area contributed by atoms with E-state index in [0.717, 1.165) is 5.56 Å². The Morgan fingerprint density at radius 2 is 1.94 bits per heavy atom. The van der Waals surface area contributed by atoms with Gasteiger partial charge in [-0.05, 0) is 30.7 Å². The number of aromatic nitrogens is 2. The molecule has 0 aliphatic rings. The lowest BCUT2D eigenvalue weighted by atomic mass is 10.1. The fourth-order valence-electron chi connectivity index (χ4n) is 1.57. The van der Waals surface area contributed by atoms with E-state index in [-0.39, 0.29) is 11.9 Å². The maximum atomic E-state index is 11.9. The van der Waals surface area contributed by atoms with Crippen molar-refractivity contribution in [3.63, 3.8) is 0 Å². The van der Waals surface area contributed by atoms with Crippen LogP contribution in [0.3, 0.4) is 0 Å². The quantitative estimate of drug-likeness (QED) is 0.800. The van der Waals surface area contributed by atoms with E-state index in [4.69, 9.17) is 5.73 Å². The van der Waals surface area contributed by atoms with Crippen molar-refractivity contribution in [2.24, 2.45) is 0 Å². The van der Waals surface area contributed by atoms with Crippen LogP contribution in [-0.4, -0.2) is 16.1 Å². The number of anilines is 1. The Bertz CT molecular complexity index is 524. The SMILES string of the molecule is CC(NC(=O)c1ccnnc1)c1ccc(N)cc1. The molecule has 5 heteroatoms. The van der Waals surface area contributed by atoms with Gasteiger partial charge in [-0.3, -0.25) is 4.79 Å². The Kier molecular flexibility index (Phi) is 3.52. The van der Waals surface area contributed by atoms with Crippen LogP contribution in [-0.2, 0) is 0 Å². The maximum Gasteiger partial charge on any atom is 0.253 e. The first-order valence-electron chi connectivity index (χ1n) is 5.60. The molecule has 2 aromatic rings. The smallest absolute Gasteiger partial charge is 0.253 e. The number of rotatable bonds is 3. The molecular formula is C13H14N4O. The molecule has 0 aliphatic carbocycles. The zero-order valence-electron chi connectivity index (χ0n) is 10.00. The van der Waals surface area contributed by atoms with Crippen molar-refractivity contribution in [3.05, 3.63) is 53.9 Å².